The van der Waals surface area contributed by atoms with E-state index in [0.717, 1.165) is 17.1 Å². The fourth-order valence-electron chi connectivity index (χ4n) is 3.01. The number of carbonyl (C=O) groups excluding carboxylic acids is 1. The van der Waals surface area contributed by atoms with E-state index in [0.29, 0.717) is 10.7 Å². The monoisotopic (exact) mass is 400 g/mol. The van der Waals surface area contributed by atoms with Gasteiger partial charge in [-0.2, -0.15) is 0 Å². The van der Waals surface area contributed by atoms with Gasteiger partial charge in [0.15, 0.2) is 16.8 Å². The average Bonchev–Trinajstić information content (AvgIpc) is 3.18. The summed E-state index contributed by atoms with van der Waals surface area (Å²) in [6, 6.07) is 21.3. The van der Waals surface area contributed by atoms with Crippen LogP contribution in [0.25, 0.3) is 17.1 Å². The molecule has 1 unspecified atom stereocenters. The van der Waals surface area contributed by atoms with Crippen LogP contribution in [0, 0.1) is 6.92 Å². The highest BCUT2D eigenvalue weighted by atomic mass is 32.2. The van der Waals surface area contributed by atoms with E-state index in [9.17, 15) is 4.79 Å². The van der Waals surface area contributed by atoms with Gasteiger partial charge < -0.3 is 0 Å². The number of nitrogens with zero attached hydrogens (tertiary/aromatic N) is 4. The number of hydrogen-bond donors (Lipinski definition) is 0. The first-order valence-corrected chi connectivity index (χ1v) is 10.2. The summed E-state index contributed by atoms with van der Waals surface area (Å²) in [5.41, 5.74) is 3.74. The molecule has 0 amide bonds. The quantitative estimate of drug-likeness (QED) is 0.337. The van der Waals surface area contributed by atoms with Crippen LogP contribution in [0.4, 0.5) is 0 Å². The van der Waals surface area contributed by atoms with E-state index in [2.05, 4.69) is 34.2 Å². The summed E-state index contributed by atoms with van der Waals surface area (Å²) in [6.07, 6.45) is 3.47. The normalized spacial score (nSPS) is 11.9. The molecular formula is C23H20N4OS. The maximum absolute atomic E-state index is 12.8. The van der Waals surface area contributed by atoms with Crippen LogP contribution >= 0.6 is 11.8 Å². The Morgan fingerprint density at radius 2 is 1.62 bits per heavy atom. The average molecular weight is 401 g/mol. The van der Waals surface area contributed by atoms with Crippen LogP contribution in [-0.2, 0) is 0 Å². The third-order valence-corrected chi connectivity index (χ3v) is 5.62. The minimum absolute atomic E-state index is 0.0690. The minimum atomic E-state index is -0.295. The van der Waals surface area contributed by atoms with Crippen molar-refractivity contribution in [2.24, 2.45) is 0 Å². The van der Waals surface area contributed by atoms with Crippen molar-refractivity contribution >= 4 is 17.5 Å². The highest BCUT2D eigenvalue weighted by Gasteiger charge is 2.22. The third-order valence-electron chi connectivity index (χ3n) is 4.57. The number of thioether (sulfide) groups is 1. The summed E-state index contributed by atoms with van der Waals surface area (Å²) >= 11 is 1.41. The Kier molecular flexibility index (Phi) is 5.53. The first kappa shape index (κ1) is 19.1. The number of rotatable bonds is 6. The van der Waals surface area contributed by atoms with Crippen molar-refractivity contribution in [2.75, 3.05) is 0 Å². The Labute approximate surface area is 173 Å². The first-order valence-electron chi connectivity index (χ1n) is 9.32. The molecule has 0 radical (unpaired) electrons. The maximum Gasteiger partial charge on any atom is 0.196 e. The van der Waals surface area contributed by atoms with E-state index in [4.69, 9.17) is 0 Å². The lowest BCUT2D eigenvalue weighted by atomic mass is 10.1. The van der Waals surface area contributed by atoms with Gasteiger partial charge in [-0.15, -0.1) is 10.2 Å². The predicted octanol–water partition coefficient (Wildman–Crippen LogP) is 5.00. The van der Waals surface area contributed by atoms with Crippen LogP contribution in [0.2, 0.25) is 0 Å². The van der Waals surface area contributed by atoms with Gasteiger partial charge in [-0.1, -0.05) is 59.8 Å². The predicted molar refractivity (Wildman–Crippen MR) is 115 cm³/mol. The second-order valence-corrected chi connectivity index (χ2v) is 8.01. The molecule has 2 aromatic carbocycles. The summed E-state index contributed by atoms with van der Waals surface area (Å²) < 4.78 is 1.99. The maximum atomic E-state index is 12.8. The van der Waals surface area contributed by atoms with Crippen molar-refractivity contribution in [3.63, 3.8) is 0 Å². The molecule has 0 spiro atoms. The van der Waals surface area contributed by atoms with Gasteiger partial charge in [0.2, 0.25) is 0 Å². The minimum Gasteiger partial charge on any atom is -0.293 e. The number of ketones is 1. The molecule has 0 aliphatic heterocycles. The lowest BCUT2D eigenvalue weighted by molar-refractivity contribution is 0.0994. The van der Waals surface area contributed by atoms with Crippen molar-refractivity contribution in [1.29, 1.82) is 0 Å². The van der Waals surface area contributed by atoms with E-state index in [1.807, 2.05) is 66.1 Å². The summed E-state index contributed by atoms with van der Waals surface area (Å²) in [6.45, 7) is 3.95. The molecule has 6 heteroatoms. The summed E-state index contributed by atoms with van der Waals surface area (Å²) in [5.74, 6) is 0.789. The second kappa shape index (κ2) is 8.41. The molecule has 144 valence electrons. The lowest BCUT2D eigenvalue weighted by Gasteiger charge is -2.13. The smallest absolute Gasteiger partial charge is 0.196 e. The summed E-state index contributed by atoms with van der Waals surface area (Å²) in [7, 11) is 0. The largest absolute Gasteiger partial charge is 0.293 e. The van der Waals surface area contributed by atoms with Crippen molar-refractivity contribution in [1.82, 2.24) is 19.7 Å². The Morgan fingerprint density at radius 1 is 0.931 bits per heavy atom. The molecule has 0 aliphatic rings. The van der Waals surface area contributed by atoms with Gasteiger partial charge in [0.1, 0.15) is 0 Å². The molecule has 5 nitrogen and oxygen atoms in total. The molecule has 0 saturated carbocycles. The van der Waals surface area contributed by atoms with Crippen LogP contribution < -0.4 is 0 Å². The Morgan fingerprint density at radius 3 is 2.31 bits per heavy atom. The van der Waals surface area contributed by atoms with E-state index in [1.165, 1.54) is 17.3 Å². The highest BCUT2D eigenvalue weighted by molar-refractivity contribution is 8.00. The van der Waals surface area contributed by atoms with Crippen LogP contribution in [-0.4, -0.2) is 30.8 Å². The van der Waals surface area contributed by atoms with Gasteiger partial charge in [-0.3, -0.25) is 14.3 Å². The topological polar surface area (TPSA) is 60.7 Å². The summed E-state index contributed by atoms with van der Waals surface area (Å²) in [5, 5.41) is 9.22. The fraction of sp³-hybridized carbons (Fsp3) is 0.130. The van der Waals surface area contributed by atoms with Crippen LogP contribution in [0.1, 0.15) is 22.8 Å². The SMILES string of the molecule is Cc1ccc(-n2c(SC(C)C(=O)c3ccccc3)nnc2-c2ccncc2)cc1. The fourth-order valence-corrected chi connectivity index (χ4v) is 3.95. The first-order chi connectivity index (χ1) is 14.1. The van der Waals surface area contributed by atoms with E-state index in [-0.39, 0.29) is 11.0 Å². The molecule has 2 heterocycles. The van der Waals surface area contributed by atoms with Crippen molar-refractivity contribution < 1.29 is 4.79 Å². The molecule has 29 heavy (non-hydrogen) atoms. The number of carbonyl (C=O) groups is 1. The second-order valence-electron chi connectivity index (χ2n) is 6.70. The van der Waals surface area contributed by atoms with Crippen molar-refractivity contribution in [2.45, 2.75) is 24.3 Å². The number of aryl methyl sites for hydroxylation is 1. The number of Topliss-reactive ketones (excluding diaryl/α,β-unsaturated/α-hetero) is 1. The molecule has 0 saturated heterocycles. The van der Waals surface area contributed by atoms with Crippen LogP contribution in [0.15, 0.2) is 84.3 Å². The van der Waals surface area contributed by atoms with Crippen LogP contribution in [0.3, 0.4) is 0 Å². The third kappa shape index (κ3) is 4.12. The zero-order valence-corrected chi connectivity index (χ0v) is 17.0. The number of benzene rings is 2. The molecule has 1 atom stereocenters. The molecule has 0 N–H and O–H groups in total. The van der Waals surface area contributed by atoms with E-state index >= 15 is 0 Å². The highest BCUT2D eigenvalue weighted by Crippen LogP contribution is 2.31. The van der Waals surface area contributed by atoms with Crippen LogP contribution in [0.5, 0.6) is 0 Å². The molecule has 0 fully saturated rings. The standard InChI is InChI=1S/C23H20N4OS/c1-16-8-10-20(11-9-16)27-22(19-12-14-24-15-13-19)25-26-23(27)29-17(2)21(28)18-6-4-3-5-7-18/h3-15,17H,1-2H3. The number of hydrogen-bond acceptors (Lipinski definition) is 5. The van der Waals surface area contributed by atoms with Gasteiger partial charge in [-0.05, 0) is 38.1 Å². The van der Waals surface area contributed by atoms with E-state index < -0.39 is 0 Å². The molecule has 0 bridgehead atoms. The lowest BCUT2D eigenvalue weighted by Crippen LogP contribution is -2.14. The van der Waals surface area contributed by atoms with Crippen molar-refractivity contribution in [3.05, 3.63) is 90.3 Å². The molecule has 4 rings (SSSR count). The van der Waals surface area contributed by atoms with Crippen molar-refractivity contribution in [3.8, 4) is 17.1 Å². The molecule has 2 aromatic heterocycles. The molecular weight excluding hydrogens is 380 g/mol. The zero-order chi connectivity index (χ0) is 20.2. The Hall–Kier alpha value is -3.25. The van der Waals surface area contributed by atoms with E-state index in [1.54, 1.807) is 12.4 Å². The zero-order valence-electron chi connectivity index (χ0n) is 16.2. The Bertz CT molecular complexity index is 1110. The van der Waals surface area contributed by atoms with Gasteiger partial charge in [-0.25, -0.2) is 0 Å². The summed E-state index contributed by atoms with van der Waals surface area (Å²) in [4.78, 5) is 16.9. The van der Waals surface area contributed by atoms with Gasteiger partial charge in [0.05, 0.1) is 5.25 Å². The van der Waals surface area contributed by atoms with Gasteiger partial charge in [0.25, 0.3) is 0 Å². The molecule has 4 aromatic rings. The van der Waals surface area contributed by atoms with Gasteiger partial charge in [0, 0.05) is 29.2 Å². The number of pyridine rings is 1. The number of aromatic nitrogens is 4. The molecule has 0 aliphatic carbocycles. The van der Waals surface area contributed by atoms with Gasteiger partial charge >= 0.3 is 0 Å². The Balaban J connectivity index is 1.72.